The summed E-state index contributed by atoms with van der Waals surface area (Å²) in [5.41, 5.74) is 6.79. The SMILES string of the molecule is CCCCC(NC(c1ccc(C)cc1)c1ccc(C)cc1)C(=O)Oc1ccc(C(C)c2ccc(OC)cc2OC)cc1. The van der Waals surface area contributed by atoms with Crippen LogP contribution in [0.3, 0.4) is 0 Å². The molecule has 4 aromatic carbocycles. The molecule has 0 aliphatic heterocycles. The van der Waals surface area contributed by atoms with Gasteiger partial charge in [-0.05, 0) is 55.2 Å². The van der Waals surface area contributed by atoms with Crippen LogP contribution in [-0.4, -0.2) is 26.2 Å². The summed E-state index contributed by atoms with van der Waals surface area (Å²) < 4.78 is 16.9. The van der Waals surface area contributed by atoms with Gasteiger partial charge in [0.25, 0.3) is 0 Å². The van der Waals surface area contributed by atoms with Crippen LogP contribution in [0.15, 0.2) is 91.0 Å². The Hall–Kier alpha value is -4.09. The van der Waals surface area contributed by atoms with Crippen LogP contribution in [0, 0.1) is 13.8 Å². The molecular weight excluding hydrogens is 522 g/mol. The Labute approximate surface area is 250 Å². The van der Waals surface area contributed by atoms with Crippen LogP contribution in [0.5, 0.6) is 17.2 Å². The van der Waals surface area contributed by atoms with Gasteiger partial charge in [0, 0.05) is 17.5 Å². The summed E-state index contributed by atoms with van der Waals surface area (Å²) in [5, 5.41) is 3.65. The Kier molecular flexibility index (Phi) is 10.8. The quantitative estimate of drug-likeness (QED) is 0.130. The zero-order valence-electron chi connectivity index (χ0n) is 25.6. The van der Waals surface area contributed by atoms with Gasteiger partial charge in [0.1, 0.15) is 23.3 Å². The van der Waals surface area contributed by atoms with E-state index in [4.69, 9.17) is 14.2 Å². The molecule has 0 aromatic heterocycles. The molecule has 0 bridgehead atoms. The highest BCUT2D eigenvalue weighted by Gasteiger charge is 2.26. The Morgan fingerprint density at radius 1 is 0.738 bits per heavy atom. The van der Waals surface area contributed by atoms with Crippen LogP contribution in [0.25, 0.3) is 0 Å². The van der Waals surface area contributed by atoms with Crippen LogP contribution < -0.4 is 19.5 Å². The fourth-order valence-corrected chi connectivity index (χ4v) is 5.15. The average molecular weight is 566 g/mol. The molecule has 0 radical (unpaired) electrons. The monoisotopic (exact) mass is 565 g/mol. The van der Waals surface area contributed by atoms with E-state index in [0.717, 1.165) is 46.6 Å². The van der Waals surface area contributed by atoms with Crippen molar-refractivity contribution in [2.75, 3.05) is 14.2 Å². The Balaban J connectivity index is 1.53. The van der Waals surface area contributed by atoms with Crippen molar-refractivity contribution in [1.29, 1.82) is 0 Å². The predicted octanol–water partition coefficient (Wildman–Crippen LogP) is 8.32. The lowest BCUT2D eigenvalue weighted by Crippen LogP contribution is -2.42. The van der Waals surface area contributed by atoms with Crippen molar-refractivity contribution in [2.45, 2.75) is 65.0 Å². The van der Waals surface area contributed by atoms with Crippen LogP contribution in [0.1, 0.15) is 78.5 Å². The standard InChI is InChI=1S/C37H43NO4/c1-7-8-9-34(38-36(29-14-10-25(2)11-15-29)30-16-12-26(3)13-17-30)37(39)42-31-20-18-28(19-21-31)27(4)33-23-22-32(40-5)24-35(33)41-6/h10-24,27,34,36,38H,7-9H2,1-6H3. The van der Waals surface area contributed by atoms with E-state index in [9.17, 15) is 4.79 Å². The lowest BCUT2D eigenvalue weighted by Gasteiger charge is -2.26. The minimum absolute atomic E-state index is 0.0827. The number of rotatable bonds is 13. The minimum atomic E-state index is -0.459. The average Bonchev–Trinajstić information content (AvgIpc) is 3.02. The highest BCUT2D eigenvalue weighted by Crippen LogP contribution is 2.35. The molecule has 0 saturated carbocycles. The first kappa shape index (κ1) is 30.9. The number of carbonyl (C=O) groups is 1. The van der Waals surface area contributed by atoms with Crippen molar-refractivity contribution in [3.05, 3.63) is 124 Å². The molecule has 0 aliphatic carbocycles. The summed E-state index contributed by atoms with van der Waals surface area (Å²) in [7, 11) is 3.31. The topological polar surface area (TPSA) is 56.8 Å². The second-order valence-electron chi connectivity index (χ2n) is 10.9. The molecule has 4 rings (SSSR count). The van der Waals surface area contributed by atoms with Gasteiger partial charge in [-0.2, -0.15) is 0 Å². The van der Waals surface area contributed by atoms with E-state index >= 15 is 0 Å². The molecule has 4 aromatic rings. The van der Waals surface area contributed by atoms with E-state index in [2.05, 4.69) is 81.5 Å². The van der Waals surface area contributed by atoms with Crippen LogP contribution in [0.2, 0.25) is 0 Å². The van der Waals surface area contributed by atoms with Crippen molar-refractivity contribution in [1.82, 2.24) is 5.32 Å². The molecule has 220 valence electrons. The second-order valence-corrected chi connectivity index (χ2v) is 10.9. The normalized spacial score (nSPS) is 12.5. The maximum absolute atomic E-state index is 13.6. The zero-order valence-corrected chi connectivity index (χ0v) is 25.6. The molecule has 0 saturated heterocycles. The molecule has 0 amide bonds. The van der Waals surface area contributed by atoms with Crippen molar-refractivity contribution >= 4 is 5.97 Å². The van der Waals surface area contributed by atoms with E-state index in [1.165, 1.54) is 11.1 Å². The van der Waals surface area contributed by atoms with Gasteiger partial charge in [-0.1, -0.05) is 105 Å². The largest absolute Gasteiger partial charge is 0.497 e. The van der Waals surface area contributed by atoms with Crippen molar-refractivity contribution in [3.63, 3.8) is 0 Å². The lowest BCUT2D eigenvalue weighted by atomic mass is 9.92. The molecule has 2 atom stereocenters. The van der Waals surface area contributed by atoms with Crippen LogP contribution in [-0.2, 0) is 4.79 Å². The number of hydrogen-bond donors (Lipinski definition) is 1. The number of nitrogens with one attached hydrogen (secondary N) is 1. The molecule has 5 nitrogen and oxygen atoms in total. The van der Waals surface area contributed by atoms with Crippen molar-refractivity contribution in [2.24, 2.45) is 0 Å². The molecule has 2 unspecified atom stereocenters. The first-order chi connectivity index (χ1) is 20.3. The second kappa shape index (κ2) is 14.7. The van der Waals surface area contributed by atoms with Crippen molar-refractivity contribution < 1.29 is 19.0 Å². The van der Waals surface area contributed by atoms with Gasteiger partial charge >= 0.3 is 5.97 Å². The van der Waals surface area contributed by atoms with Crippen LogP contribution >= 0.6 is 0 Å². The molecule has 0 aliphatic rings. The minimum Gasteiger partial charge on any atom is -0.497 e. The van der Waals surface area contributed by atoms with Gasteiger partial charge in [-0.25, -0.2) is 4.79 Å². The number of hydrogen-bond acceptors (Lipinski definition) is 5. The number of unbranched alkanes of at least 4 members (excludes halogenated alkanes) is 1. The van der Waals surface area contributed by atoms with Gasteiger partial charge in [-0.15, -0.1) is 0 Å². The van der Waals surface area contributed by atoms with E-state index < -0.39 is 6.04 Å². The Bertz CT molecular complexity index is 1380. The molecular formula is C37H43NO4. The number of aryl methyl sites for hydroxylation is 2. The fraction of sp³-hybridized carbons (Fsp3) is 0.324. The van der Waals surface area contributed by atoms with E-state index in [1.54, 1.807) is 14.2 Å². The first-order valence-corrected chi connectivity index (χ1v) is 14.8. The highest BCUT2D eigenvalue weighted by molar-refractivity contribution is 5.78. The molecule has 5 heteroatoms. The fourth-order valence-electron chi connectivity index (χ4n) is 5.15. The van der Waals surface area contributed by atoms with E-state index in [-0.39, 0.29) is 17.9 Å². The summed E-state index contributed by atoms with van der Waals surface area (Å²) in [6, 6.07) is 30.0. The molecule has 42 heavy (non-hydrogen) atoms. The first-order valence-electron chi connectivity index (χ1n) is 14.8. The number of carbonyl (C=O) groups excluding carboxylic acids is 1. The van der Waals surface area contributed by atoms with Crippen LogP contribution in [0.4, 0.5) is 0 Å². The zero-order chi connectivity index (χ0) is 30.1. The summed E-state index contributed by atoms with van der Waals surface area (Å²) in [4.78, 5) is 13.6. The van der Waals surface area contributed by atoms with Gasteiger partial charge < -0.3 is 14.2 Å². The van der Waals surface area contributed by atoms with Gasteiger partial charge in [0.05, 0.1) is 20.3 Å². The van der Waals surface area contributed by atoms with Gasteiger partial charge in [0.15, 0.2) is 0 Å². The molecule has 1 N–H and O–H groups in total. The molecule has 0 spiro atoms. The number of methoxy groups -OCH3 is 2. The smallest absolute Gasteiger partial charge is 0.328 e. The van der Waals surface area contributed by atoms with Gasteiger partial charge in [-0.3, -0.25) is 5.32 Å². The summed E-state index contributed by atoms with van der Waals surface area (Å²) in [5.74, 6) is 1.87. The maximum Gasteiger partial charge on any atom is 0.328 e. The maximum atomic E-state index is 13.6. The number of esters is 1. The Morgan fingerprint density at radius 2 is 1.29 bits per heavy atom. The van der Waals surface area contributed by atoms with E-state index in [1.807, 2.05) is 42.5 Å². The van der Waals surface area contributed by atoms with E-state index in [0.29, 0.717) is 12.2 Å². The molecule has 0 heterocycles. The number of benzene rings is 4. The van der Waals surface area contributed by atoms with Crippen molar-refractivity contribution in [3.8, 4) is 17.2 Å². The third kappa shape index (κ3) is 7.80. The summed E-state index contributed by atoms with van der Waals surface area (Å²) >= 11 is 0. The summed E-state index contributed by atoms with van der Waals surface area (Å²) in [6.45, 7) is 8.43. The third-order valence-electron chi connectivity index (χ3n) is 7.83. The predicted molar refractivity (Wildman–Crippen MR) is 170 cm³/mol. The Morgan fingerprint density at radius 3 is 1.81 bits per heavy atom. The summed E-state index contributed by atoms with van der Waals surface area (Å²) in [6.07, 6.45) is 2.60. The lowest BCUT2D eigenvalue weighted by molar-refractivity contribution is -0.137. The molecule has 0 fully saturated rings. The third-order valence-corrected chi connectivity index (χ3v) is 7.83. The van der Waals surface area contributed by atoms with Gasteiger partial charge in [0.2, 0.25) is 0 Å². The highest BCUT2D eigenvalue weighted by atomic mass is 16.5. The number of ether oxygens (including phenoxy) is 3.